The smallest absolute Gasteiger partial charge is 0.172 e. The molecular weight excluding hydrogens is 611 g/mol. The maximum atomic E-state index is 3.67. The van der Waals surface area contributed by atoms with Crippen molar-refractivity contribution in [2.75, 3.05) is 0 Å². The Labute approximate surface area is 290 Å². The largest absolute Gasteiger partial charge is 1.00 e. The molecule has 44 heavy (non-hydrogen) atoms. The first-order valence-corrected chi connectivity index (χ1v) is 15.7. The Morgan fingerprint density at radius 2 is 1.16 bits per heavy atom. The molecule has 0 unspecified atom stereocenters. The quantitative estimate of drug-likeness (QED) is 0.191. The molecule has 0 saturated heterocycles. The van der Waals surface area contributed by atoms with E-state index in [2.05, 4.69) is 160 Å². The van der Waals surface area contributed by atoms with Crippen LogP contribution in [0.4, 0.5) is 0 Å². The molecule has 0 N–H and O–H groups in total. The molecule has 0 fully saturated rings. The first-order valence-electron chi connectivity index (χ1n) is 14.9. The van der Waals surface area contributed by atoms with Crippen molar-refractivity contribution in [3.63, 3.8) is 0 Å². The first-order chi connectivity index (χ1) is 19.8. The number of fused-ring (bicyclic) bond motifs is 3. The maximum absolute atomic E-state index is 3.67. The summed E-state index contributed by atoms with van der Waals surface area (Å²) in [5, 5.41) is 0. The van der Waals surface area contributed by atoms with Crippen molar-refractivity contribution in [1.29, 1.82) is 0 Å². The van der Waals surface area contributed by atoms with Crippen LogP contribution in [0.2, 0.25) is 0 Å². The molecule has 0 aromatic heterocycles. The first kappa shape index (κ1) is 37.6. The van der Waals surface area contributed by atoms with Crippen LogP contribution in [0.1, 0.15) is 86.1 Å². The van der Waals surface area contributed by atoms with Crippen LogP contribution in [-0.4, -0.2) is 3.81 Å². The van der Waals surface area contributed by atoms with E-state index in [1.807, 2.05) is 30.3 Å². The third-order valence-electron chi connectivity index (χ3n) is 7.70. The van der Waals surface area contributed by atoms with E-state index in [9.17, 15) is 0 Å². The second-order valence-corrected chi connectivity index (χ2v) is 14.2. The Bertz CT molecular complexity index is 1490. The molecule has 0 radical (unpaired) electrons. The second-order valence-electron chi connectivity index (χ2n) is 13.4. The van der Waals surface area contributed by atoms with E-state index in [0.29, 0.717) is 0 Å². The molecule has 0 atom stereocenters. The second kappa shape index (κ2) is 16.1. The monoisotopic (exact) mass is 654 g/mol. The normalized spacial score (nSPS) is 11.3. The standard InChI is InChI=1S/C21H25.C15H14.C5H5.2ClH.Ti/c1-20(2,3)16-7-9-18-14(12-16)11-15-13-17(21(4,5)6)8-10-19(15)18;1-12-3-7-14(8-4-12)11-15-9-5-13(2)6-10-15;1-2-4-5-3-1;;;/h7-10,12H,11H2,1-6H3;3-10H,1-2H3;1-5H;2*1H;/q-1;;-1;;;+2/p-2. The maximum Gasteiger partial charge on any atom is -0.172 e. The minimum Gasteiger partial charge on any atom is -1.00 e. The van der Waals surface area contributed by atoms with Gasteiger partial charge in [-0.05, 0) is 28.4 Å². The van der Waals surface area contributed by atoms with Crippen LogP contribution in [0.5, 0.6) is 0 Å². The summed E-state index contributed by atoms with van der Waals surface area (Å²) in [5.41, 5.74) is 13.9. The molecule has 0 nitrogen and oxygen atoms in total. The summed E-state index contributed by atoms with van der Waals surface area (Å²) in [4.78, 5) is 0. The van der Waals surface area contributed by atoms with E-state index in [1.54, 1.807) is 0 Å². The fraction of sp³-hybridized carbons (Fsp3) is 0.268. The fourth-order valence-corrected chi connectivity index (χ4v) is 5.48. The summed E-state index contributed by atoms with van der Waals surface area (Å²) in [5.74, 6) is 0. The summed E-state index contributed by atoms with van der Waals surface area (Å²) < 4.78 is 1.33. The molecule has 1 aliphatic carbocycles. The van der Waals surface area contributed by atoms with Crippen LogP contribution in [0.15, 0.2) is 109 Å². The zero-order valence-electron chi connectivity index (χ0n) is 27.4. The molecule has 5 aromatic carbocycles. The van der Waals surface area contributed by atoms with Gasteiger partial charge in [0.1, 0.15) is 0 Å². The van der Waals surface area contributed by atoms with Crippen molar-refractivity contribution in [3.8, 4) is 11.1 Å². The predicted octanol–water partition coefficient (Wildman–Crippen LogP) is 4.49. The van der Waals surface area contributed by atoms with E-state index < -0.39 is 0 Å². The molecule has 0 bridgehead atoms. The summed E-state index contributed by atoms with van der Waals surface area (Å²) in [6, 6.07) is 42.5. The zero-order valence-corrected chi connectivity index (χ0v) is 30.4. The minimum absolute atomic E-state index is 0. The van der Waals surface area contributed by atoms with E-state index in [4.69, 9.17) is 0 Å². The average Bonchev–Trinajstić information content (AvgIpc) is 3.64. The summed E-state index contributed by atoms with van der Waals surface area (Å²) in [6.07, 6.45) is 1.03. The van der Waals surface area contributed by atoms with Crippen molar-refractivity contribution < 1.29 is 44.8 Å². The van der Waals surface area contributed by atoms with Crippen molar-refractivity contribution >= 4 is 3.81 Å². The summed E-state index contributed by atoms with van der Waals surface area (Å²) in [6.45, 7) is 17.8. The van der Waals surface area contributed by atoms with E-state index in [-0.39, 0.29) is 35.6 Å². The molecule has 6 rings (SSSR count). The zero-order chi connectivity index (χ0) is 30.5. The van der Waals surface area contributed by atoms with E-state index in [1.165, 1.54) is 59.4 Å². The van der Waals surface area contributed by atoms with Gasteiger partial charge in [-0.3, -0.25) is 0 Å². The van der Waals surface area contributed by atoms with Gasteiger partial charge in [0.15, 0.2) is 0 Å². The molecule has 5 aromatic rings. The topological polar surface area (TPSA) is 0 Å². The van der Waals surface area contributed by atoms with Gasteiger partial charge in [0, 0.05) is 0 Å². The van der Waals surface area contributed by atoms with Crippen LogP contribution in [-0.2, 0) is 37.2 Å². The number of aryl methyl sites for hydroxylation is 2. The van der Waals surface area contributed by atoms with Gasteiger partial charge in [0.2, 0.25) is 0 Å². The molecule has 228 valence electrons. The van der Waals surface area contributed by atoms with Crippen molar-refractivity contribution in [3.05, 3.63) is 160 Å². The molecule has 0 aliphatic heterocycles. The number of rotatable bonds is 2. The third kappa shape index (κ3) is 9.95. The van der Waals surface area contributed by atoms with Crippen LogP contribution >= 0.6 is 0 Å². The van der Waals surface area contributed by atoms with E-state index >= 15 is 0 Å². The van der Waals surface area contributed by atoms with Gasteiger partial charge >= 0.3 is 108 Å². The third-order valence-corrected chi connectivity index (χ3v) is 8.60. The Morgan fingerprint density at radius 1 is 0.659 bits per heavy atom. The van der Waals surface area contributed by atoms with Gasteiger partial charge in [-0.1, -0.05) is 65.3 Å². The van der Waals surface area contributed by atoms with Crippen molar-refractivity contribution in [2.24, 2.45) is 0 Å². The molecule has 0 saturated carbocycles. The Kier molecular flexibility index (Phi) is 13.8. The SMILES string of the molecule is CC(C)(C)c1[c-]c2c(cc1)-c1ccc(C(C)(C)C)cc1C2.Cc1ccc([C](=[Ti+2])c2ccc(C)cc2)cc1.[Cl-].[Cl-].c1cc[cH-]c1. The van der Waals surface area contributed by atoms with Gasteiger partial charge in [-0.25, -0.2) is 12.1 Å². The van der Waals surface area contributed by atoms with Gasteiger partial charge < -0.3 is 24.8 Å². The van der Waals surface area contributed by atoms with Gasteiger partial charge in [0.05, 0.1) is 0 Å². The Hall–Kier alpha value is -2.61. The van der Waals surface area contributed by atoms with Gasteiger partial charge in [-0.15, -0.1) is 11.1 Å². The van der Waals surface area contributed by atoms with Gasteiger partial charge in [0.25, 0.3) is 0 Å². The van der Waals surface area contributed by atoms with Crippen LogP contribution in [0, 0.1) is 19.9 Å². The van der Waals surface area contributed by atoms with Crippen LogP contribution in [0.25, 0.3) is 11.1 Å². The molecular formula is C41H44Cl2Ti-2. The molecule has 0 amide bonds. The van der Waals surface area contributed by atoms with E-state index in [0.717, 1.165) is 6.42 Å². The summed E-state index contributed by atoms with van der Waals surface area (Å²) in [7, 11) is 0. The minimum atomic E-state index is 0. The molecule has 0 spiro atoms. The Morgan fingerprint density at radius 3 is 1.59 bits per heavy atom. The average molecular weight is 656 g/mol. The molecule has 3 heteroatoms. The van der Waals surface area contributed by atoms with Crippen molar-refractivity contribution in [1.82, 2.24) is 0 Å². The van der Waals surface area contributed by atoms with Crippen molar-refractivity contribution in [2.45, 2.75) is 72.6 Å². The number of hydrogen-bond donors (Lipinski definition) is 0. The summed E-state index contributed by atoms with van der Waals surface area (Å²) >= 11 is 2.18. The molecule has 1 aliphatic rings. The van der Waals surface area contributed by atoms with Crippen LogP contribution < -0.4 is 24.8 Å². The molecule has 0 heterocycles. The van der Waals surface area contributed by atoms with Crippen LogP contribution in [0.3, 0.4) is 0 Å². The number of benzene rings is 4. The number of hydrogen-bond acceptors (Lipinski definition) is 0. The Balaban J connectivity index is 0.000000260. The number of halogens is 2. The fourth-order valence-electron chi connectivity index (χ4n) is 4.96. The predicted molar refractivity (Wildman–Crippen MR) is 179 cm³/mol. The van der Waals surface area contributed by atoms with Gasteiger partial charge in [-0.2, -0.15) is 42.0 Å².